The molecule has 11 rings (SSSR count). The van der Waals surface area contributed by atoms with E-state index in [9.17, 15) is 5.26 Å². The summed E-state index contributed by atoms with van der Waals surface area (Å²) in [7, 11) is 0. The quantitative estimate of drug-likeness (QED) is 0.107. The normalized spacial score (nSPS) is 13.2. The second-order valence-corrected chi connectivity index (χ2v) is 23.5. The van der Waals surface area contributed by atoms with Gasteiger partial charge in [0.15, 0.2) is 0 Å². The van der Waals surface area contributed by atoms with E-state index in [1.54, 1.807) is 6.07 Å². The fourth-order valence-corrected chi connectivity index (χ4v) is 11.3. The summed E-state index contributed by atoms with van der Waals surface area (Å²) in [6.07, 6.45) is 4.28. The van der Waals surface area contributed by atoms with Crippen LogP contribution in [-0.2, 0) is 22.7 Å². The molecule has 6 nitrogen and oxygen atoms in total. The molecule has 74 heavy (non-hydrogen) atoms. The molecule has 2 aromatic heterocycles. The molecule has 6 heteroatoms. The van der Waals surface area contributed by atoms with Crippen LogP contribution in [0.4, 0.5) is 5.69 Å². The standard InChI is InChI=1S/C68H64N4O2/c1-11-12-14-20-42-27-31-49-50-32-28-45(66(2,3)4)38-57(50)70(56(49)35-42)60-36-43(41-69)37-61(71-58-39-46(67(5,6)7)29-33-51(58)52-34-30-47(40-59(52)71)68(8,9)10)63(60)53-24-19-25-54-62(53)65(74)72(64(54)73)55-26-18-17-23-48(55)44-21-15-13-16-22-44/h13,15-19,21-40H,11-12,14,20H2,1-10H3. The van der Waals surface area contributed by atoms with E-state index in [1.807, 2.05) is 78.9 Å². The van der Waals surface area contributed by atoms with Gasteiger partial charge in [-0.15, -0.1) is 0 Å². The number of aryl methyl sites for hydroxylation is 1. The Morgan fingerprint density at radius 2 is 0.919 bits per heavy atom. The second-order valence-electron chi connectivity index (χ2n) is 23.5. The summed E-state index contributed by atoms with van der Waals surface area (Å²) >= 11 is 0. The van der Waals surface area contributed by atoms with Gasteiger partial charge >= 0.3 is 0 Å². The highest BCUT2D eigenvalue weighted by Gasteiger charge is 2.41. The van der Waals surface area contributed by atoms with Crippen molar-refractivity contribution >= 4 is 61.1 Å². The molecule has 0 spiro atoms. The lowest BCUT2D eigenvalue weighted by Gasteiger charge is -2.24. The molecule has 0 unspecified atom stereocenters. The first-order valence-corrected chi connectivity index (χ1v) is 26.3. The van der Waals surface area contributed by atoms with E-state index in [2.05, 4.69) is 157 Å². The van der Waals surface area contributed by atoms with Crippen LogP contribution in [0.3, 0.4) is 0 Å². The number of rotatable bonds is 9. The van der Waals surface area contributed by atoms with Gasteiger partial charge in [0, 0.05) is 32.7 Å². The van der Waals surface area contributed by atoms with Crippen molar-refractivity contribution in [2.75, 3.05) is 4.90 Å². The molecule has 8 aromatic carbocycles. The van der Waals surface area contributed by atoms with Crippen molar-refractivity contribution in [1.29, 1.82) is 5.26 Å². The summed E-state index contributed by atoms with van der Waals surface area (Å²) in [5.41, 5.74) is 14.4. The van der Waals surface area contributed by atoms with Crippen molar-refractivity contribution in [3.05, 3.63) is 197 Å². The minimum absolute atomic E-state index is 0.172. The third kappa shape index (κ3) is 8.01. The van der Waals surface area contributed by atoms with Gasteiger partial charge in [-0.2, -0.15) is 5.26 Å². The monoisotopic (exact) mass is 969 g/mol. The van der Waals surface area contributed by atoms with Gasteiger partial charge in [0.05, 0.1) is 61.9 Å². The maximum absolute atomic E-state index is 15.8. The molecule has 0 atom stereocenters. The Morgan fingerprint density at radius 1 is 0.446 bits per heavy atom. The Balaban J connectivity index is 1.32. The average Bonchev–Trinajstić information content (AvgIpc) is 4.00. The molecule has 0 bridgehead atoms. The van der Waals surface area contributed by atoms with E-state index in [0.29, 0.717) is 27.9 Å². The predicted octanol–water partition coefficient (Wildman–Crippen LogP) is 17.5. The summed E-state index contributed by atoms with van der Waals surface area (Å²) < 4.78 is 4.68. The zero-order chi connectivity index (χ0) is 52.0. The van der Waals surface area contributed by atoms with Gasteiger partial charge in [-0.1, -0.05) is 191 Å². The highest BCUT2D eigenvalue weighted by molar-refractivity contribution is 6.37. The van der Waals surface area contributed by atoms with E-state index < -0.39 is 5.91 Å². The van der Waals surface area contributed by atoms with Crippen LogP contribution in [-0.4, -0.2) is 20.9 Å². The first-order chi connectivity index (χ1) is 35.4. The first kappa shape index (κ1) is 48.3. The number of nitrogens with zero attached hydrogens (tertiary/aromatic N) is 4. The van der Waals surface area contributed by atoms with Crippen molar-refractivity contribution in [1.82, 2.24) is 9.13 Å². The highest BCUT2D eigenvalue weighted by Crippen LogP contribution is 2.48. The number of hydrogen-bond acceptors (Lipinski definition) is 3. The highest BCUT2D eigenvalue weighted by atomic mass is 16.2. The Labute approximate surface area is 435 Å². The molecule has 0 saturated carbocycles. The van der Waals surface area contributed by atoms with E-state index in [0.717, 1.165) is 97.4 Å². The maximum Gasteiger partial charge on any atom is 0.266 e. The zero-order valence-corrected chi connectivity index (χ0v) is 44.4. The van der Waals surface area contributed by atoms with Crippen LogP contribution in [0.5, 0.6) is 0 Å². The zero-order valence-electron chi connectivity index (χ0n) is 44.4. The molecular weight excluding hydrogens is 905 g/mol. The van der Waals surface area contributed by atoms with Gasteiger partial charge in [0.25, 0.3) is 11.8 Å². The molecule has 1 aliphatic heterocycles. The summed E-state index contributed by atoms with van der Waals surface area (Å²) in [4.78, 5) is 32.4. The number of carbonyl (C=O) groups excluding carboxylic acids is 2. The molecule has 0 saturated heterocycles. The number of unbranched alkanes of at least 4 members (excludes halogenated alkanes) is 2. The number of fused-ring (bicyclic) bond motifs is 7. The molecule has 0 aliphatic carbocycles. The van der Waals surface area contributed by atoms with Crippen LogP contribution in [0.2, 0.25) is 0 Å². The fourth-order valence-electron chi connectivity index (χ4n) is 11.3. The van der Waals surface area contributed by atoms with Gasteiger partial charge in [-0.3, -0.25) is 9.59 Å². The molecule has 0 radical (unpaired) electrons. The van der Waals surface area contributed by atoms with Crippen LogP contribution in [0, 0.1) is 11.3 Å². The van der Waals surface area contributed by atoms with E-state index in [-0.39, 0.29) is 22.2 Å². The topological polar surface area (TPSA) is 71.0 Å². The number of nitriles is 1. The Morgan fingerprint density at radius 3 is 1.43 bits per heavy atom. The van der Waals surface area contributed by atoms with Gasteiger partial charge in [-0.05, 0) is 111 Å². The van der Waals surface area contributed by atoms with Crippen molar-refractivity contribution in [3.63, 3.8) is 0 Å². The molecule has 10 aromatic rings. The molecule has 0 fully saturated rings. The molecular formula is C68H64N4O2. The number of aromatic nitrogens is 2. The van der Waals surface area contributed by atoms with Crippen molar-refractivity contribution in [2.45, 2.75) is 111 Å². The summed E-state index contributed by atoms with van der Waals surface area (Å²) in [5, 5.41) is 15.7. The first-order valence-electron chi connectivity index (χ1n) is 26.3. The SMILES string of the molecule is CCCCCc1ccc2c3ccc(C(C)(C)C)cc3n(-c3cc(C#N)cc(-n4c5cc(C(C)(C)C)ccc5c5ccc(C(C)(C)C)cc54)c3-c3cccc4c3C(=O)N(c3ccccc3-c3ccccc3)C4=O)c2c1. The number of imide groups is 1. The Bertz CT molecular complexity index is 3900. The Hall–Kier alpha value is -8.01. The van der Waals surface area contributed by atoms with E-state index >= 15 is 9.59 Å². The molecule has 1 aliphatic rings. The lowest BCUT2D eigenvalue weighted by atomic mass is 9.86. The van der Waals surface area contributed by atoms with Crippen LogP contribution < -0.4 is 4.90 Å². The van der Waals surface area contributed by atoms with Gasteiger partial charge < -0.3 is 9.13 Å². The number of carbonyl (C=O) groups is 2. The summed E-state index contributed by atoms with van der Waals surface area (Å²) in [6, 6.07) is 57.1. The van der Waals surface area contributed by atoms with Crippen LogP contribution in [0.25, 0.3) is 77.2 Å². The maximum atomic E-state index is 15.8. The summed E-state index contributed by atoms with van der Waals surface area (Å²) in [5.74, 6) is -0.773. The summed E-state index contributed by atoms with van der Waals surface area (Å²) in [6.45, 7) is 22.4. The number of anilines is 1. The van der Waals surface area contributed by atoms with Crippen LogP contribution in [0.15, 0.2) is 158 Å². The minimum Gasteiger partial charge on any atom is -0.308 e. The van der Waals surface area contributed by atoms with Crippen molar-refractivity contribution in [3.8, 4) is 39.7 Å². The third-order valence-electron chi connectivity index (χ3n) is 15.4. The number of amides is 2. The van der Waals surface area contributed by atoms with E-state index in [1.165, 1.54) is 27.2 Å². The average molecular weight is 969 g/mol. The third-order valence-corrected chi connectivity index (χ3v) is 15.4. The minimum atomic E-state index is -0.395. The lowest BCUT2D eigenvalue weighted by molar-refractivity contribution is 0.0926. The lowest BCUT2D eigenvalue weighted by Crippen LogP contribution is -2.30. The van der Waals surface area contributed by atoms with Gasteiger partial charge in [-0.25, -0.2) is 4.90 Å². The van der Waals surface area contributed by atoms with Crippen LogP contribution in [0.1, 0.15) is 137 Å². The van der Waals surface area contributed by atoms with Crippen molar-refractivity contribution in [2.24, 2.45) is 0 Å². The van der Waals surface area contributed by atoms with Gasteiger partial charge in [0.1, 0.15) is 0 Å². The molecule has 3 heterocycles. The van der Waals surface area contributed by atoms with Gasteiger partial charge in [0.2, 0.25) is 0 Å². The largest absolute Gasteiger partial charge is 0.308 e. The smallest absolute Gasteiger partial charge is 0.266 e. The number of para-hydroxylation sites is 1. The molecule has 2 amide bonds. The Kier molecular flexibility index (Phi) is 11.7. The molecule has 0 N–H and O–H groups in total. The van der Waals surface area contributed by atoms with Crippen LogP contribution >= 0.6 is 0 Å². The molecule has 368 valence electrons. The van der Waals surface area contributed by atoms with E-state index in [4.69, 9.17) is 0 Å². The van der Waals surface area contributed by atoms with Crippen molar-refractivity contribution < 1.29 is 9.59 Å². The second kappa shape index (κ2) is 17.9. The number of hydrogen-bond donors (Lipinski definition) is 0. The number of benzene rings is 8. The fraction of sp³-hybridized carbons (Fsp3) is 0.250. The predicted molar refractivity (Wildman–Crippen MR) is 308 cm³/mol.